The summed E-state index contributed by atoms with van der Waals surface area (Å²) < 4.78 is 0. The van der Waals surface area contributed by atoms with Crippen molar-refractivity contribution in [3.63, 3.8) is 0 Å². The van der Waals surface area contributed by atoms with E-state index in [2.05, 4.69) is 15.6 Å². The van der Waals surface area contributed by atoms with Crippen molar-refractivity contribution in [3.05, 3.63) is 47.0 Å². The van der Waals surface area contributed by atoms with Gasteiger partial charge in [-0.1, -0.05) is 12.1 Å². The maximum absolute atomic E-state index is 12.0. The van der Waals surface area contributed by atoms with E-state index in [1.807, 2.05) is 0 Å². The number of aromatic nitrogens is 1. The standard InChI is InChI=1S/C14H12N4O3S/c19-11-7-16-14(21)18(11)8-9-1-3-10(4-2-9)12(20)17-13-15-5-6-22-13/h1-6H,7-8H2,(H,16,21)(H,15,17,20). The predicted molar refractivity (Wildman–Crippen MR) is 80.5 cm³/mol. The molecule has 1 saturated heterocycles. The highest BCUT2D eigenvalue weighted by Crippen LogP contribution is 2.14. The quantitative estimate of drug-likeness (QED) is 0.835. The number of nitrogens with zero attached hydrogens (tertiary/aromatic N) is 2. The summed E-state index contributed by atoms with van der Waals surface area (Å²) in [5, 5.41) is 7.46. The Morgan fingerprint density at radius 1 is 1.32 bits per heavy atom. The van der Waals surface area contributed by atoms with Gasteiger partial charge in [0.25, 0.3) is 5.91 Å². The van der Waals surface area contributed by atoms with Crippen molar-refractivity contribution in [2.45, 2.75) is 6.54 Å². The number of hydrogen-bond donors (Lipinski definition) is 2. The number of anilines is 1. The number of carbonyl (C=O) groups is 3. The second kappa shape index (κ2) is 5.94. The van der Waals surface area contributed by atoms with Gasteiger partial charge in [-0.15, -0.1) is 11.3 Å². The third kappa shape index (κ3) is 2.96. The van der Waals surface area contributed by atoms with E-state index in [0.29, 0.717) is 10.7 Å². The second-order valence-corrected chi connectivity index (χ2v) is 5.52. The molecule has 1 aromatic carbocycles. The summed E-state index contributed by atoms with van der Waals surface area (Å²) in [6.45, 7) is 0.228. The predicted octanol–water partition coefficient (Wildman–Crippen LogP) is 1.45. The first kappa shape index (κ1) is 14.2. The molecule has 1 aliphatic heterocycles. The van der Waals surface area contributed by atoms with Crippen LogP contribution in [0.5, 0.6) is 0 Å². The Kier molecular flexibility index (Phi) is 3.84. The van der Waals surface area contributed by atoms with Crippen LogP contribution < -0.4 is 10.6 Å². The summed E-state index contributed by atoms with van der Waals surface area (Å²) in [5.74, 6) is -0.507. The molecule has 4 amide bonds. The van der Waals surface area contributed by atoms with E-state index in [0.717, 1.165) is 10.5 Å². The van der Waals surface area contributed by atoms with Gasteiger partial charge in [0.2, 0.25) is 5.91 Å². The largest absolute Gasteiger partial charge is 0.329 e. The Morgan fingerprint density at radius 3 is 2.68 bits per heavy atom. The third-order valence-corrected chi connectivity index (χ3v) is 3.84. The molecule has 2 heterocycles. The lowest BCUT2D eigenvalue weighted by molar-refractivity contribution is -0.125. The van der Waals surface area contributed by atoms with E-state index in [1.54, 1.807) is 35.8 Å². The summed E-state index contributed by atoms with van der Waals surface area (Å²) in [5.41, 5.74) is 1.26. The number of amides is 4. The van der Waals surface area contributed by atoms with Gasteiger partial charge in [0.1, 0.15) is 0 Å². The molecule has 1 fully saturated rings. The fourth-order valence-electron chi connectivity index (χ4n) is 2.01. The van der Waals surface area contributed by atoms with Crippen LogP contribution in [0, 0.1) is 0 Å². The Balaban J connectivity index is 1.66. The molecular weight excluding hydrogens is 304 g/mol. The van der Waals surface area contributed by atoms with Crippen LogP contribution in [0.3, 0.4) is 0 Å². The third-order valence-electron chi connectivity index (χ3n) is 3.15. The van der Waals surface area contributed by atoms with Gasteiger partial charge in [-0.3, -0.25) is 19.8 Å². The molecule has 0 aliphatic carbocycles. The van der Waals surface area contributed by atoms with E-state index >= 15 is 0 Å². The van der Waals surface area contributed by atoms with Crippen molar-refractivity contribution in [1.82, 2.24) is 15.2 Å². The zero-order chi connectivity index (χ0) is 15.5. The maximum Gasteiger partial charge on any atom is 0.324 e. The summed E-state index contributed by atoms with van der Waals surface area (Å²) >= 11 is 1.34. The molecule has 0 radical (unpaired) electrons. The Hall–Kier alpha value is -2.74. The zero-order valence-corrected chi connectivity index (χ0v) is 12.2. The highest BCUT2D eigenvalue weighted by Gasteiger charge is 2.28. The van der Waals surface area contributed by atoms with Crippen molar-refractivity contribution in [2.75, 3.05) is 11.9 Å². The van der Waals surface area contributed by atoms with Crippen LogP contribution in [-0.4, -0.2) is 34.3 Å². The number of rotatable bonds is 4. The molecule has 22 heavy (non-hydrogen) atoms. The number of carbonyl (C=O) groups excluding carboxylic acids is 3. The smallest absolute Gasteiger partial charge is 0.324 e. The van der Waals surface area contributed by atoms with Gasteiger partial charge in [-0.25, -0.2) is 9.78 Å². The summed E-state index contributed by atoms with van der Waals surface area (Å²) in [6, 6.07) is 6.34. The fourth-order valence-corrected chi connectivity index (χ4v) is 2.54. The van der Waals surface area contributed by atoms with Crippen LogP contribution in [0.25, 0.3) is 0 Å². The first-order valence-corrected chi connectivity index (χ1v) is 7.39. The van der Waals surface area contributed by atoms with Gasteiger partial charge in [0, 0.05) is 17.1 Å². The van der Waals surface area contributed by atoms with Crippen LogP contribution in [0.4, 0.5) is 9.93 Å². The Bertz CT molecular complexity index is 696. The van der Waals surface area contributed by atoms with E-state index in [9.17, 15) is 14.4 Å². The van der Waals surface area contributed by atoms with Crippen molar-refractivity contribution in [1.29, 1.82) is 0 Å². The lowest BCUT2D eigenvalue weighted by Gasteiger charge is -2.12. The lowest BCUT2D eigenvalue weighted by Crippen LogP contribution is -2.30. The number of nitrogens with one attached hydrogen (secondary N) is 2. The fraction of sp³-hybridized carbons (Fsp3) is 0.143. The number of hydrogen-bond acceptors (Lipinski definition) is 5. The topological polar surface area (TPSA) is 91.4 Å². The molecular formula is C14H12N4O3S. The summed E-state index contributed by atoms with van der Waals surface area (Å²) in [4.78, 5) is 40.1. The molecule has 3 rings (SSSR count). The first-order chi connectivity index (χ1) is 10.6. The van der Waals surface area contributed by atoms with Crippen LogP contribution in [-0.2, 0) is 11.3 Å². The van der Waals surface area contributed by atoms with Gasteiger partial charge < -0.3 is 5.32 Å². The SMILES string of the molecule is O=C(Nc1nccs1)c1ccc(CN2C(=O)CNC2=O)cc1. The minimum absolute atomic E-state index is 0.0349. The van der Waals surface area contributed by atoms with Crippen molar-refractivity contribution in [2.24, 2.45) is 0 Å². The van der Waals surface area contributed by atoms with Crippen molar-refractivity contribution in [3.8, 4) is 0 Å². The molecule has 2 N–H and O–H groups in total. The van der Waals surface area contributed by atoms with Crippen LogP contribution in [0.1, 0.15) is 15.9 Å². The normalized spacial score (nSPS) is 14.1. The van der Waals surface area contributed by atoms with Crippen LogP contribution in [0.2, 0.25) is 0 Å². The average molecular weight is 316 g/mol. The molecule has 1 aromatic heterocycles. The van der Waals surface area contributed by atoms with Gasteiger partial charge in [-0.2, -0.15) is 0 Å². The Labute approximate surface area is 130 Å². The van der Waals surface area contributed by atoms with E-state index in [1.165, 1.54) is 11.3 Å². The number of thiazole rings is 1. The second-order valence-electron chi connectivity index (χ2n) is 4.63. The molecule has 8 heteroatoms. The van der Waals surface area contributed by atoms with E-state index in [4.69, 9.17) is 0 Å². The minimum Gasteiger partial charge on any atom is -0.329 e. The number of imide groups is 1. The summed E-state index contributed by atoms with van der Waals surface area (Å²) in [7, 11) is 0. The van der Waals surface area contributed by atoms with E-state index in [-0.39, 0.29) is 24.9 Å². The summed E-state index contributed by atoms with van der Waals surface area (Å²) in [6.07, 6.45) is 1.61. The van der Waals surface area contributed by atoms with Gasteiger partial charge in [-0.05, 0) is 17.7 Å². The first-order valence-electron chi connectivity index (χ1n) is 6.51. The monoisotopic (exact) mass is 316 g/mol. The van der Waals surface area contributed by atoms with Crippen molar-refractivity contribution < 1.29 is 14.4 Å². The molecule has 0 bridgehead atoms. The van der Waals surface area contributed by atoms with Gasteiger partial charge >= 0.3 is 6.03 Å². The maximum atomic E-state index is 12.0. The lowest BCUT2D eigenvalue weighted by atomic mass is 10.1. The molecule has 112 valence electrons. The van der Waals surface area contributed by atoms with E-state index < -0.39 is 6.03 Å². The molecule has 0 saturated carbocycles. The molecule has 1 aliphatic rings. The highest BCUT2D eigenvalue weighted by atomic mass is 32.1. The number of urea groups is 1. The molecule has 0 spiro atoms. The Morgan fingerprint density at radius 2 is 2.09 bits per heavy atom. The molecule has 0 atom stereocenters. The molecule has 0 unspecified atom stereocenters. The van der Waals surface area contributed by atoms with Gasteiger partial charge in [0.05, 0.1) is 13.1 Å². The highest BCUT2D eigenvalue weighted by molar-refractivity contribution is 7.13. The van der Waals surface area contributed by atoms with Gasteiger partial charge in [0.15, 0.2) is 5.13 Å². The average Bonchev–Trinajstić information content (AvgIpc) is 3.13. The molecule has 7 nitrogen and oxygen atoms in total. The minimum atomic E-state index is -0.393. The zero-order valence-electron chi connectivity index (χ0n) is 11.4. The molecule has 2 aromatic rings. The van der Waals surface area contributed by atoms with Crippen molar-refractivity contribution >= 4 is 34.3 Å². The van der Waals surface area contributed by atoms with Crippen LogP contribution in [0.15, 0.2) is 35.8 Å². The number of benzene rings is 1. The van der Waals surface area contributed by atoms with Crippen LogP contribution >= 0.6 is 11.3 Å².